The van der Waals surface area contributed by atoms with Crippen LogP contribution in [-0.2, 0) is 0 Å². The molecular formula is C10H22N2O2. The number of hydrogen-bond acceptors (Lipinski definition) is 4. The van der Waals surface area contributed by atoms with Crippen LogP contribution in [0.5, 0.6) is 0 Å². The summed E-state index contributed by atoms with van der Waals surface area (Å²) < 4.78 is 0. The summed E-state index contributed by atoms with van der Waals surface area (Å²) in [4.78, 5) is 0. The molecular weight excluding hydrogens is 180 g/mol. The zero-order valence-corrected chi connectivity index (χ0v) is 8.87. The minimum absolute atomic E-state index is 0.223. The Morgan fingerprint density at radius 1 is 1.43 bits per heavy atom. The molecule has 4 heteroatoms. The lowest BCUT2D eigenvalue weighted by atomic mass is 9.97. The lowest BCUT2D eigenvalue weighted by molar-refractivity contribution is 0.108. The summed E-state index contributed by atoms with van der Waals surface area (Å²) in [5.74, 6) is 0. The van der Waals surface area contributed by atoms with E-state index in [9.17, 15) is 5.11 Å². The Bertz CT molecular complexity index is 143. The van der Waals surface area contributed by atoms with Crippen LogP contribution in [0.1, 0.15) is 39.0 Å². The average Bonchev–Trinajstić information content (AvgIpc) is 2.08. The van der Waals surface area contributed by atoms with Crippen LogP contribution in [-0.4, -0.2) is 35.0 Å². The Morgan fingerprint density at radius 3 is 2.86 bits per heavy atom. The first-order valence-corrected chi connectivity index (χ1v) is 5.53. The van der Waals surface area contributed by atoms with E-state index in [2.05, 4.69) is 10.8 Å². The first-order chi connectivity index (χ1) is 6.72. The van der Waals surface area contributed by atoms with Crippen LogP contribution < -0.4 is 10.8 Å². The van der Waals surface area contributed by atoms with Crippen molar-refractivity contribution in [1.29, 1.82) is 0 Å². The van der Waals surface area contributed by atoms with Gasteiger partial charge >= 0.3 is 0 Å². The Morgan fingerprint density at radius 2 is 2.21 bits per heavy atom. The minimum atomic E-state index is -0.223. The third-order valence-corrected chi connectivity index (χ3v) is 2.84. The van der Waals surface area contributed by atoms with Crippen molar-refractivity contribution in [3.05, 3.63) is 0 Å². The van der Waals surface area contributed by atoms with Crippen molar-refractivity contribution in [3.8, 4) is 0 Å². The highest BCUT2D eigenvalue weighted by Gasteiger charge is 2.16. The molecule has 0 radical (unpaired) electrons. The predicted octanol–water partition coefficient (Wildman–Crippen LogP) is 0.637. The van der Waals surface area contributed by atoms with Crippen molar-refractivity contribution in [2.45, 2.75) is 57.2 Å². The smallest absolute Gasteiger partial charge is 0.0526 e. The van der Waals surface area contributed by atoms with Crippen molar-refractivity contribution in [1.82, 2.24) is 10.8 Å². The molecule has 0 saturated carbocycles. The van der Waals surface area contributed by atoms with Crippen LogP contribution >= 0.6 is 0 Å². The fourth-order valence-electron chi connectivity index (χ4n) is 2.06. The van der Waals surface area contributed by atoms with Gasteiger partial charge < -0.3 is 15.6 Å². The first-order valence-electron chi connectivity index (χ1n) is 5.53. The fraction of sp³-hybridized carbons (Fsp3) is 1.00. The number of aliphatic hydroxyl groups excluding tert-OH is 1. The molecule has 0 aromatic carbocycles. The van der Waals surface area contributed by atoms with E-state index < -0.39 is 0 Å². The Labute approximate surface area is 85.7 Å². The van der Waals surface area contributed by atoms with Gasteiger partial charge in [-0.3, -0.25) is 0 Å². The monoisotopic (exact) mass is 202 g/mol. The standard InChI is InChI=1S/C10H22N2O2/c1-8(13)7-10-4-2-3-9(12-14)5-6-11-10/h8-14H,2-7H2,1H3. The molecule has 0 aromatic heterocycles. The van der Waals surface area contributed by atoms with E-state index in [1.165, 1.54) is 0 Å². The summed E-state index contributed by atoms with van der Waals surface area (Å²) in [5, 5.41) is 21.5. The van der Waals surface area contributed by atoms with Gasteiger partial charge in [0.15, 0.2) is 0 Å². The Balaban J connectivity index is 2.25. The van der Waals surface area contributed by atoms with Gasteiger partial charge in [0.25, 0.3) is 0 Å². The number of nitrogens with one attached hydrogen (secondary N) is 2. The highest BCUT2D eigenvalue weighted by atomic mass is 16.5. The molecule has 1 heterocycles. The van der Waals surface area contributed by atoms with Gasteiger partial charge in [-0.05, 0) is 39.2 Å². The quantitative estimate of drug-likeness (QED) is 0.507. The van der Waals surface area contributed by atoms with Gasteiger partial charge in [0.05, 0.1) is 6.10 Å². The number of rotatable bonds is 3. The minimum Gasteiger partial charge on any atom is -0.393 e. The summed E-state index contributed by atoms with van der Waals surface area (Å²) in [7, 11) is 0. The molecule has 14 heavy (non-hydrogen) atoms. The molecule has 0 bridgehead atoms. The average molecular weight is 202 g/mol. The highest BCUT2D eigenvalue weighted by Crippen LogP contribution is 2.13. The van der Waals surface area contributed by atoms with Crippen LogP contribution in [0.3, 0.4) is 0 Å². The van der Waals surface area contributed by atoms with Crippen LogP contribution in [0.15, 0.2) is 0 Å². The van der Waals surface area contributed by atoms with Crippen LogP contribution in [0.4, 0.5) is 0 Å². The van der Waals surface area contributed by atoms with Gasteiger partial charge in [0.1, 0.15) is 0 Å². The van der Waals surface area contributed by atoms with E-state index in [4.69, 9.17) is 5.21 Å². The molecule has 84 valence electrons. The van der Waals surface area contributed by atoms with Crippen molar-refractivity contribution < 1.29 is 10.3 Å². The van der Waals surface area contributed by atoms with E-state index in [1.54, 1.807) is 0 Å². The van der Waals surface area contributed by atoms with Crippen molar-refractivity contribution in [2.24, 2.45) is 0 Å². The van der Waals surface area contributed by atoms with E-state index in [-0.39, 0.29) is 12.1 Å². The molecule has 0 aliphatic carbocycles. The van der Waals surface area contributed by atoms with Gasteiger partial charge in [-0.2, -0.15) is 0 Å². The van der Waals surface area contributed by atoms with Gasteiger partial charge in [0, 0.05) is 12.1 Å². The van der Waals surface area contributed by atoms with Gasteiger partial charge in [0.2, 0.25) is 0 Å². The normalized spacial score (nSPS) is 31.9. The molecule has 1 fully saturated rings. The molecule has 3 atom stereocenters. The molecule has 3 unspecified atom stereocenters. The summed E-state index contributed by atoms with van der Waals surface area (Å²) in [6.45, 7) is 2.74. The van der Waals surface area contributed by atoms with E-state index in [0.29, 0.717) is 6.04 Å². The largest absolute Gasteiger partial charge is 0.393 e. The molecule has 1 rings (SSSR count). The summed E-state index contributed by atoms with van der Waals surface area (Å²) in [5.41, 5.74) is 2.34. The zero-order chi connectivity index (χ0) is 10.4. The second kappa shape index (κ2) is 6.35. The third kappa shape index (κ3) is 4.37. The topological polar surface area (TPSA) is 64.5 Å². The molecule has 0 aromatic rings. The zero-order valence-electron chi connectivity index (χ0n) is 8.87. The number of aliphatic hydroxyl groups is 1. The highest BCUT2D eigenvalue weighted by molar-refractivity contribution is 4.76. The Hall–Kier alpha value is -0.160. The molecule has 0 spiro atoms. The molecule has 0 amide bonds. The second-order valence-electron chi connectivity index (χ2n) is 4.28. The second-order valence-corrected chi connectivity index (χ2v) is 4.28. The van der Waals surface area contributed by atoms with E-state index in [0.717, 1.165) is 38.6 Å². The fourth-order valence-corrected chi connectivity index (χ4v) is 2.06. The summed E-state index contributed by atoms with van der Waals surface area (Å²) >= 11 is 0. The van der Waals surface area contributed by atoms with Gasteiger partial charge in [-0.25, -0.2) is 5.48 Å². The first kappa shape index (κ1) is 11.9. The lowest BCUT2D eigenvalue weighted by Gasteiger charge is -2.25. The lowest BCUT2D eigenvalue weighted by Crippen LogP contribution is -2.39. The van der Waals surface area contributed by atoms with E-state index in [1.807, 2.05) is 6.92 Å². The number of hydroxylamine groups is 1. The summed E-state index contributed by atoms with van der Waals surface area (Å²) in [6.07, 6.45) is 4.77. The van der Waals surface area contributed by atoms with Crippen molar-refractivity contribution in [2.75, 3.05) is 6.54 Å². The number of hydrogen-bond donors (Lipinski definition) is 4. The predicted molar refractivity (Wildman–Crippen MR) is 55.3 cm³/mol. The molecule has 1 aliphatic heterocycles. The van der Waals surface area contributed by atoms with Crippen LogP contribution in [0.2, 0.25) is 0 Å². The SMILES string of the molecule is CC(O)CC1CCCC(NO)CCN1. The maximum absolute atomic E-state index is 9.27. The van der Waals surface area contributed by atoms with Gasteiger partial charge in [-0.1, -0.05) is 6.42 Å². The van der Waals surface area contributed by atoms with Crippen LogP contribution in [0, 0.1) is 0 Å². The summed E-state index contributed by atoms with van der Waals surface area (Å²) in [6, 6.07) is 0.671. The molecule has 4 nitrogen and oxygen atoms in total. The van der Waals surface area contributed by atoms with Crippen molar-refractivity contribution >= 4 is 0 Å². The molecule has 4 N–H and O–H groups in total. The third-order valence-electron chi connectivity index (χ3n) is 2.84. The Kier molecular flexibility index (Phi) is 5.40. The van der Waals surface area contributed by atoms with Crippen molar-refractivity contribution in [3.63, 3.8) is 0 Å². The van der Waals surface area contributed by atoms with Crippen LogP contribution in [0.25, 0.3) is 0 Å². The maximum Gasteiger partial charge on any atom is 0.0526 e. The van der Waals surface area contributed by atoms with Gasteiger partial charge in [-0.15, -0.1) is 0 Å². The van der Waals surface area contributed by atoms with E-state index >= 15 is 0 Å². The molecule has 1 saturated heterocycles. The maximum atomic E-state index is 9.27. The molecule has 1 aliphatic rings.